The van der Waals surface area contributed by atoms with E-state index in [0.29, 0.717) is 35.3 Å². The molecule has 2 aliphatic carbocycles. The molecular formula is C37H32N6O7S2. The van der Waals surface area contributed by atoms with Gasteiger partial charge in [-0.15, -0.1) is 0 Å². The maximum absolute atomic E-state index is 13.8. The molecule has 8 rings (SSSR count). The average molecular weight is 737 g/mol. The quantitative estimate of drug-likeness (QED) is 0.134. The van der Waals surface area contributed by atoms with Crippen LogP contribution in [0.3, 0.4) is 0 Å². The van der Waals surface area contributed by atoms with Crippen molar-refractivity contribution >= 4 is 37.9 Å². The fraction of sp³-hybridized carbons (Fsp3) is 0.162. The fourth-order valence-electron chi connectivity index (χ4n) is 6.94. The highest BCUT2D eigenvalue weighted by molar-refractivity contribution is 7.86. The number of carbonyl (C=O) groups excluding carboxylic acids is 1. The number of carbonyl (C=O) groups is 1. The fourth-order valence-corrected chi connectivity index (χ4v) is 8.00. The maximum Gasteiger partial charge on any atom is 0.326 e. The molecule has 6 aromatic rings. The van der Waals surface area contributed by atoms with E-state index in [4.69, 9.17) is 10.2 Å². The topological polar surface area (TPSA) is 186 Å². The molecule has 2 heterocycles. The summed E-state index contributed by atoms with van der Waals surface area (Å²) in [5.41, 5.74) is 9.78. The third kappa shape index (κ3) is 6.17. The molecule has 15 heteroatoms. The van der Waals surface area contributed by atoms with Crippen LogP contribution >= 0.6 is 0 Å². The van der Waals surface area contributed by atoms with E-state index in [1.807, 2.05) is 62.4 Å². The van der Waals surface area contributed by atoms with E-state index < -0.39 is 26.3 Å². The molecule has 0 aliphatic heterocycles. The zero-order valence-corrected chi connectivity index (χ0v) is 29.6. The largest absolute Gasteiger partial charge is 0.326 e. The van der Waals surface area contributed by atoms with Crippen molar-refractivity contribution in [3.8, 4) is 22.5 Å². The number of nitrogens with zero attached hydrogens (tertiary/aromatic N) is 4. The Morgan fingerprint density at radius 1 is 0.635 bits per heavy atom. The van der Waals surface area contributed by atoms with Crippen LogP contribution in [-0.4, -0.2) is 51.5 Å². The van der Waals surface area contributed by atoms with Crippen molar-refractivity contribution in [2.24, 2.45) is 0 Å². The van der Waals surface area contributed by atoms with Gasteiger partial charge in [0.2, 0.25) is 0 Å². The lowest BCUT2D eigenvalue weighted by molar-refractivity contribution is 0.262. The van der Waals surface area contributed by atoms with Crippen LogP contribution in [0, 0.1) is 13.8 Å². The molecule has 264 valence electrons. The van der Waals surface area contributed by atoms with E-state index in [1.165, 1.54) is 24.3 Å². The first-order valence-corrected chi connectivity index (χ1v) is 19.2. The number of anilines is 2. The number of hydrogen-bond donors (Lipinski definition) is 4. The molecule has 4 N–H and O–H groups in total. The minimum Gasteiger partial charge on any atom is -0.290 e. The van der Waals surface area contributed by atoms with Gasteiger partial charge in [-0.1, -0.05) is 71.8 Å². The summed E-state index contributed by atoms with van der Waals surface area (Å²) in [7, 11) is -8.86. The summed E-state index contributed by atoms with van der Waals surface area (Å²) in [5, 5.41) is 15.3. The minimum absolute atomic E-state index is 0.221. The summed E-state index contributed by atoms with van der Waals surface area (Å²) in [6.07, 6.45) is 0.535. The number of benzene rings is 4. The Morgan fingerprint density at radius 2 is 1.02 bits per heavy atom. The van der Waals surface area contributed by atoms with E-state index in [9.17, 15) is 30.7 Å². The Balaban J connectivity index is 1.13. The molecule has 2 aromatic heterocycles. The second kappa shape index (κ2) is 12.3. The predicted molar refractivity (Wildman–Crippen MR) is 194 cm³/mol. The van der Waals surface area contributed by atoms with Gasteiger partial charge < -0.3 is 0 Å². The first-order valence-electron chi connectivity index (χ1n) is 16.3. The summed E-state index contributed by atoms with van der Waals surface area (Å²) in [4.78, 5) is 13.3. The smallest absolute Gasteiger partial charge is 0.290 e. The van der Waals surface area contributed by atoms with Crippen molar-refractivity contribution in [3.05, 3.63) is 129 Å². The molecule has 4 aromatic carbocycles. The van der Waals surface area contributed by atoms with Crippen LogP contribution in [-0.2, 0) is 46.2 Å². The van der Waals surface area contributed by atoms with Gasteiger partial charge in [-0.25, -0.2) is 4.79 Å². The number of rotatable bonds is 8. The van der Waals surface area contributed by atoms with Crippen LogP contribution in [0.15, 0.2) is 94.7 Å². The van der Waals surface area contributed by atoms with Gasteiger partial charge in [-0.3, -0.25) is 29.1 Å². The lowest BCUT2D eigenvalue weighted by Gasteiger charge is -2.10. The number of fused-ring (bicyclic) bond motifs is 6. The van der Waals surface area contributed by atoms with Crippen molar-refractivity contribution < 1.29 is 30.7 Å². The first kappa shape index (κ1) is 33.5. The summed E-state index contributed by atoms with van der Waals surface area (Å²) >= 11 is 0. The minimum atomic E-state index is -4.43. The second-order valence-corrected chi connectivity index (χ2v) is 16.0. The van der Waals surface area contributed by atoms with Gasteiger partial charge >= 0.3 is 6.03 Å². The van der Waals surface area contributed by atoms with E-state index in [0.717, 1.165) is 44.8 Å². The number of aromatic nitrogens is 4. The summed E-state index contributed by atoms with van der Waals surface area (Å²) < 4.78 is 70.6. The molecule has 0 radical (unpaired) electrons. The zero-order valence-electron chi connectivity index (χ0n) is 28.0. The zero-order chi connectivity index (χ0) is 36.5. The maximum atomic E-state index is 13.8. The summed E-state index contributed by atoms with van der Waals surface area (Å²) in [6.45, 7) is 4.75. The molecular weight excluding hydrogens is 705 g/mol. The number of amides is 2. The monoisotopic (exact) mass is 736 g/mol. The number of hydrogen-bond acceptors (Lipinski definition) is 7. The van der Waals surface area contributed by atoms with Crippen LogP contribution in [0.4, 0.5) is 16.4 Å². The molecule has 2 amide bonds. The van der Waals surface area contributed by atoms with E-state index >= 15 is 0 Å². The van der Waals surface area contributed by atoms with E-state index in [2.05, 4.69) is 10.6 Å². The van der Waals surface area contributed by atoms with Crippen molar-refractivity contribution in [2.75, 3.05) is 10.6 Å². The van der Waals surface area contributed by atoms with Gasteiger partial charge in [-0.05, 0) is 60.4 Å². The number of nitrogens with one attached hydrogen (secondary N) is 2. The number of urea groups is 1. The molecule has 2 aliphatic rings. The molecule has 0 atom stereocenters. The van der Waals surface area contributed by atoms with Crippen LogP contribution in [0.2, 0.25) is 0 Å². The first-order chi connectivity index (χ1) is 24.7. The Labute approximate surface area is 299 Å². The Morgan fingerprint density at radius 3 is 1.38 bits per heavy atom. The summed E-state index contributed by atoms with van der Waals surface area (Å²) in [6, 6.07) is 24.2. The number of aryl methyl sites for hydroxylation is 2. The van der Waals surface area contributed by atoms with Gasteiger partial charge in [-0.2, -0.15) is 27.0 Å². The third-order valence-corrected chi connectivity index (χ3v) is 11.2. The van der Waals surface area contributed by atoms with Crippen LogP contribution in [0.25, 0.3) is 22.5 Å². The normalized spacial score (nSPS) is 13.0. The van der Waals surface area contributed by atoms with E-state index in [1.54, 1.807) is 21.5 Å². The van der Waals surface area contributed by atoms with Gasteiger partial charge in [0.1, 0.15) is 0 Å². The molecule has 0 fully saturated rings. The molecule has 0 saturated heterocycles. The predicted octanol–water partition coefficient (Wildman–Crippen LogP) is 6.07. The van der Waals surface area contributed by atoms with Crippen LogP contribution < -0.4 is 10.6 Å². The second-order valence-electron chi connectivity index (χ2n) is 13.2. The van der Waals surface area contributed by atoms with Gasteiger partial charge in [0, 0.05) is 35.1 Å². The van der Waals surface area contributed by atoms with Crippen molar-refractivity contribution in [1.29, 1.82) is 0 Å². The summed E-state index contributed by atoms with van der Waals surface area (Å²) in [5.74, 6) is 0.557. The van der Waals surface area contributed by atoms with Crippen LogP contribution in [0.1, 0.15) is 44.5 Å². The van der Waals surface area contributed by atoms with Crippen molar-refractivity contribution in [2.45, 2.75) is 49.6 Å². The van der Waals surface area contributed by atoms with Crippen molar-refractivity contribution in [3.63, 3.8) is 0 Å². The van der Waals surface area contributed by atoms with Gasteiger partial charge in [0.05, 0.1) is 34.3 Å². The van der Waals surface area contributed by atoms with Gasteiger partial charge in [0.15, 0.2) is 11.6 Å². The Bertz CT molecular complexity index is 2480. The van der Waals surface area contributed by atoms with Crippen molar-refractivity contribution in [1.82, 2.24) is 19.6 Å². The Hall–Kier alpha value is -5.61. The third-order valence-electron chi connectivity index (χ3n) is 9.46. The van der Waals surface area contributed by atoms with E-state index in [-0.39, 0.29) is 34.3 Å². The average Bonchev–Trinajstić information content (AvgIpc) is 3.82. The molecule has 0 spiro atoms. The molecule has 0 unspecified atom stereocenters. The molecule has 0 saturated carbocycles. The molecule has 52 heavy (non-hydrogen) atoms. The Kier molecular flexibility index (Phi) is 7.91. The lowest BCUT2D eigenvalue weighted by atomic mass is 10.1. The highest BCUT2D eigenvalue weighted by Crippen LogP contribution is 2.43. The van der Waals surface area contributed by atoms with Crippen LogP contribution in [0.5, 0.6) is 0 Å². The lowest BCUT2D eigenvalue weighted by Crippen LogP contribution is -2.21. The molecule has 13 nitrogen and oxygen atoms in total. The standard InChI is InChI=1S/C37H32N6O7S2/c1-21-3-7-23(8-4-21)19-42-33-29-13-11-27(51(45,46)47)15-25(29)17-31(33)35(40-42)38-37(44)39-36-32-18-26-16-28(52(48,49)50)12-14-30(26)34(32)43(41-36)20-24-9-5-22(2)6-10-24/h3-16H,17-20H2,1-2H3,(H,45,46,47)(H,48,49,50)(H2,38,39,40,41,44). The SMILES string of the molecule is Cc1ccc(Cn2nc(NC(=O)Nc3nn(Cc4ccc(C)cc4)c4c3Cc3cc(S(=O)(=O)O)ccc3-4)c3c2-c2ccc(S(=O)(=O)O)cc2C3)cc1. The molecule has 0 bridgehead atoms. The highest BCUT2D eigenvalue weighted by Gasteiger charge is 2.32. The highest BCUT2D eigenvalue weighted by atomic mass is 32.2. The van der Waals surface area contributed by atoms with Gasteiger partial charge in [0.25, 0.3) is 20.2 Å².